The molecule has 5 nitrogen and oxygen atoms in total. The van der Waals surface area contributed by atoms with Gasteiger partial charge in [0.1, 0.15) is 11.5 Å². The summed E-state index contributed by atoms with van der Waals surface area (Å²) in [5, 5.41) is 3.27. The minimum atomic E-state index is 0.326. The third-order valence-corrected chi connectivity index (χ3v) is 3.88. The molecular formula is C14H20BrN5. The number of aryl methyl sites for hydroxylation is 1. The van der Waals surface area contributed by atoms with Crippen molar-refractivity contribution in [3.63, 3.8) is 0 Å². The largest absolute Gasteiger partial charge is 0.369 e. The van der Waals surface area contributed by atoms with Gasteiger partial charge in [0.25, 0.3) is 0 Å². The minimum Gasteiger partial charge on any atom is -0.369 e. The summed E-state index contributed by atoms with van der Waals surface area (Å²) in [6, 6.07) is 0.326. The molecule has 0 atom stereocenters. The first-order chi connectivity index (χ1) is 9.58. The van der Waals surface area contributed by atoms with Gasteiger partial charge >= 0.3 is 0 Å². The Hall–Kier alpha value is -1.43. The van der Waals surface area contributed by atoms with Crippen LogP contribution in [0.2, 0.25) is 0 Å². The topological polar surface area (TPSA) is 55.6 Å². The number of imidazole rings is 1. The Balaban J connectivity index is 2.56. The third-order valence-electron chi connectivity index (χ3n) is 3.05. The van der Waals surface area contributed by atoms with E-state index in [0.717, 1.165) is 34.6 Å². The van der Waals surface area contributed by atoms with Gasteiger partial charge in [-0.2, -0.15) is 0 Å². The van der Waals surface area contributed by atoms with Gasteiger partial charge < -0.3 is 9.88 Å². The zero-order valence-electron chi connectivity index (χ0n) is 12.3. The molecule has 0 amide bonds. The van der Waals surface area contributed by atoms with E-state index in [-0.39, 0.29) is 0 Å². The molecule has 2 heterocycles. The molecule has 0 aliphatic carbocycles. The van der Waals surface area contributed by atoms with E-state index < -0.39 is 0 Å². The zero-order chi connectivity index (χ0) is 14.7. The first kappa shape index (κ1) is 15.0. The van der Waals surface area contributed by atoms with Crippen LogP contribution in [-0.4, -0.2) is 26.1 Å². The monoisotopic (exact) mass is 337 g/mol. The number of rotatable bonds is 5. The highest BCUT2D eigenvalue weighted by atomic mass is 79.9. The Labute approximate surface area is 128 Å². The summed E-state index contributed by atoms with van der Waals surface area (Å²) in [6.07, 6.45) is 4.49. The van der Waals surface area contributed by atoms with Crippen molar-refractivity contribution in [2.24, 2.45) is 0 Å². The maximum atomic E-state index is 4.66. The van der Waals surface area contributed by atoms with E-state index in [1.165, 1.54) is 0 Å². The second kappa shape index (κ2) is 6.35. The molecule has 108 valence electrons. The molecule has 0 saturated carbocycles. The molecule has 0 fully saturated rings. The highest BCUT2D eigenvalue weighted by molar-refractivity contribution is 9.10. The summed E-state index contributed by atoms with van der Waals surface area (Å²) < 4.78 is 3.03. The van der Waals surface area contributed by atoms with Crippen LogP contribution in [-0.2, 0) is 6.42 Å². The van der Waals surface area contributed by atoms with Gasteiger partial charge in [-0.25, -0.2) is 15.0 Å². The number of nitrogens with zero attached hydrogens (tertiary/aromatic N) is 4. The predicted molar refractivity (Wildman–Crippen MR) is 84.9 cm³/mol. The van der Waals surface area contributed by atoms with Gasteiger partial charge in [0, 0.05) is 12.6 Å². The lowest BCUT2D eigenvalue weighted by Gasteiger charge is -2.14. The molecular weight excluding hydrogens is 318 g/mol. The lowest BCUT2D eigenvalue weighted by atomic mass is 10.3. The van der Waals surface area contributed by atoms with E-state index in [0.29, 0.717) is 11.9 Å². The van der Waals surface area contributed by atoms with Gasteiger partial charge in [0.2, 0.25) is 0 Å². The number of hydrogen-bond acceptors (Lipinski definition) is 4. The lowest BCUT2D eigenvalue weighted by Crippen LogP contribution is -2.08. The van der Waals surface area contributed by atoms with E-state index in [9.17, 15) is 0 Å². The summed E-state index contributed by atoms with van der Waals surface area (Å²) >= 11 is 3.58. The Morgan fingerprint density at radius 3 is 2.65 bits per heavy atom. The van der Waals surface area contributed by atoms with E-state index in [2.05, 4.69) is 68.5 Å². The van der Waals surface area contributed by atoms with Crippen molar-refractivity contribution in [1.29, 1.82) is 0 Å². The maximum Gasteiger partial charge on any atom is 0.180 e. The number of halogens is 1. The van der Waals surface area contributed by atoms with Crippen LogP contribution >= 0.6 is 15.9 Å². The second-order valence-electron chi connectivity index (χ2n) is 4.82. The molecule has 0 bridgehead atoms. The molecule has 2 rings (SSSR count). The summed E-state index contributed by atoms with van der Waals surface area (Å²) in [4.78, 5) is 13.5. The number of anilines is 1. The lowest BCUT2D eigenvalue weighted by molar-refractivity contribution is 0.603. The van der Waals surface area contributed by atoms with Crippen molar-refractivity contribution in [3.05, 3.63) is 22.7 Å². The summed E-state index contributed by atoms with van der Waals surface area (Å²) in [5.41, 5.74) is 1.95. The molecule has 2 aromatic rings. The van der Waals surface area contributed by atoms with Crippen LogP contribution in [0.3, 0.4) is 0 Å². The highest BCUT2D eigenvalue weighted by Crippen LogP contribution is 2.28. The molecule has 0 spiro atoms. The SMILES string of the molecule is CCNc1nc(-c2cncn2C(C)C)nc(CC)c1Br. The van der Waals surface area contributed by atoms with Crippen molar-refractivity contribution in [2.45, 2.75) is 40.2 Å². The first-order valence-electron chi connectivity index (χ1n) is 6.90. The summed E-state index contributed by atoms with van der Waals surface area (Å²) in [7, 11) is 0. The summed E-state index contributed by atoms with van der Waals surface area (Å²) in [6.45, 7) is 9.21. The molecule has 0 unspecified atom stereocenters. The quantitative estimate of drug-likeness (QED) is 0.904. The molecule has 0 saturated heterocycles. The number of hydrogen-bond donors (Lipinski definition) is 1. The van der Waals surface area contributed by atoms with Crippen LogP contribution in [0.4, 0.5) is 5.82 Å². The first-order valence-corrected chi connectivity index (χ1v) is 7.70. The Morgan fingerprint density at radius 2 is 2.05 bits per heavy atom. The van der Waals surface area contributed by atoms with Crippen molar-refractivity contribution in [1.82, 2.24) is 19.5 Å². The molecule has 1 N–H and O–H groups in total. The van der Waals surface area contributed by atoms with Gasteiger partial charge in [0.15, 0.2) is 5.82 Å². The fourth-order valence-corrected chi connectivity index (χ4v) is 2.61. The average Bonchev–Trinajstić information content (AvgIpc) is 2.90. The highest BCUT2D eigenvalue weighted by Gasteiger charge is 2.15. The van der Waals surface area contributed by atoms with E-state index in [4.69, 9.17) is 0 Å². The van der Waals surface area contributed by atoms with Gasteiger partial charge in [-0.1, -0.05) is 6.92 Å². The van der Waals surface area contributed by atoms with Crippen LogP contribution in [0, 0.1) is 0 Å². The van der Waals surface area contributed by atoms with E-state index in [1.807, 2.05) is 12.5 Å². The fraction of sp³-hybridized carbons (Fsp3) is 0.500. The average molecular weight is 338 g/mol. The van der Waals surface area contributed by atoms with Crippen LogP contribution in [0.25, 0.3) is 11.5 Å². The van der Waals surface area contributed by atoms with Crippen LogP contribution in [0.5, 0.6) is 0 Å². The van der Waals surface area contributed by atoms with Crippen molar-refractivity contribution in [3.8, 4) is 11.5 Å². The number of aromatic nitrogens is 4. The Morgan fingerprint density at radius 1 is 1.30 bits per heavy atom. The molecule has 0 aromatic carbocycles. The van der Waals surface area contributed by atoms with Crippen molar-refractivity contribution >= 4 is 21.7 Å². The molecule has 6 heteroatoms. The normalized spacial score (nSPS) is 11.1. The van der Waals surface area contributed by atoms with Crippen LogP contribution in [0.1, 0.15) is 39.4 Å². The smallest absolute Gasteiger partial charge is 0.180 e. The molecule has 0 aliphatic heterocycles. The van der Waals surface area contributed by atoms with E-state index >= 15 is 0 Å². The third kappa shape index (κ3) is 2.85. The molecule has 20 heavy (non-hydrogen) atoms. The maximum absolute atomic E-state index is 4.66. The van der Waals surface area contributed by atoms with E-state index in [1.54, 1.807) is 0 Å². The Bertz CT molecular complexity index is 591. The van der Waals surface area contributed by atoms with Gasteiger partial charge in [-0.05, 0) is 43.1 Å². The summed E-state index contributed by atoms with van der Waals surface area (Å²) in [5.74, 6) is 1.55. The van der Waals surface area contributed by atoms with Gasteiger partial charge in [0.05, 0.1) is 22.7 Å². The molecule has 0 aliphatic rings. The van der Waals surface area contributed by atoms with Crippen LogP contribution < -0.4 is 5.32 Å². The molecule has 0 radical (unpaired) electrons. The standard InChI is InChI=1S/C14H20BrN5/c1-5-10-12(15)14(17-6-2)19-13(18-10)11-7-16-8-20(11)9(3)4/h7-9H,5-6H2,1-4H3,(H,17,18,19). The minimum absolute atomic E-state index is 0.326. The van der Waals surface area contributed by atoms with Crippen molar-refractivity contribution in [2.75, 3.05) is 11.9 Å². The second-order valence-corrected chi connectivity index (χ2v) is 5.61. The molecule has 2 aromatic heterocycles. The Kier molecular flexibility index (Phi) is 4.75. The van der Waals surface area contributed by atoms with Crippen molar-refractivity contribution < 1.29 is 0 Å². The predicted octanol–water partition coefficient (Wildman–Crippen LogP) is 3.68. The van der Waals surface area contributed by atoms with Gasteiger partial charge in [-0.15, -0.1) is 0 Å². The number of nitrogens with one attached hydrogen (secondary N) is 1. The van der Waals surface area contributed by atoms with Gasteiger partial charge in [-0.3, -0.25) is 0 Å². The fourth-order valence-electron chi connectivity index (χ4n) is 2.02. The van der Waals surface area contributed by atoms with Crippen LogP contribution in [0.15, 0.2) is 17.0 Å². The zero-order valence-corrected chi connectivity index (χ0v) is 13.9.